The molecule has 0 bridgehead atoms. The Bertz CT molecular complexity index is 1200. The van der Waals surface area contributed by atoms with Gasteiger partial charge in [-0.05, 0) is 37.1 Å². The number of benzene rings is 2. The van der Waals surface area contributed by atoms with Gasteiger partial charge in [-0.2, -0.15) is 0 Å². The fourth-order valence-corrected chi connectivity index (χ4v) is 4.57. The molecule has 5 nitrogen and oxygen atoms in total. The minimum atomic E-state index is -0.0204. The topological polar surface area (TPSA) is 66.9 Å². The van der Waals surface area contributed by atoms with Crippen LogP contribution in [0.5, 0.6) is 0 Å². The summed E-state index contributed by atoms with van der Waals surface area (Å²) in [7, 11) is 0. The lowest BCUT2D eigenvalue weighted by atomic mass is 10.0. The maximum absolute atomic E-state index is 12.3. The minimum Gasteiger partial charge on any atom is -0.369 e. The van der Waals surface area contributed by atoms with Crippen molar-refractivity contribution in [1.29, 1.82) is 0 Å². The summed E-state index contributed by atoms with van der Waals surface area (Å²) in [5, 5.41) is 7.97. The quantitative estimate of drug-likeness (QED) is 0.376. The molecule has 0 saturated heterocycles. The third-order valence-corrected chi connectivity index (χ3v) is 6.32. The normalized spacial score (nSPS) is 10.9. The zero-order valence-corrected chi connectivity index (χ0v) is 19.0. The molecule has 7 heteroatoms. The highest BCUT2D eigenvalue weighted by Crippen LogP contribution is 2.40. The van der Waals surface area contributed by atoms with E-state index in [0.717, 1.165) is 32.7 Å². The van der Waals surface area contributed by atoms with Crippen molar-refractivity contribution in [3.8, 4) is 11.1 Å². The van der Waals surface area contributed by atoms with Crippen molar-refractivity contribution in [2.24, 2.45) is 0 Å². The number of thiophene rings is 1. The third-order valence-electron chi connectivity index (χ3n) is 5.05. The summed E-state index contributed by atoms with van der Waals surface area (Å²) in [5.74, 6) is 0.739. The molecule has 2 aromatic carbocycles. The van der Waals surface area contributed by atoms with Crippen molar-refractivity contribution >= 4 is 44.9 Å². The van der Waals surface area contributed by atoms with Crippen molar-refractivity contribution in [3.05, 3.63) is 75.9 Å². The molecule has 0 aliphatic rings. The highest BCUT2D eigenvalue weighted by atomic mass is 35.5. The summed E-state index contributed by atoms with van der Waals surface area (Å²) in [6.45, 7) is 5.15. The Morgan fingerprint density at radius 1 is 1.03 bits per heavy atom. The first-order valence-corrected chi connectivity index (χ1v) is 11.3. The maximum atomic E-state index is 12.3. The van der Waals surface area contributed by atoms with E-state index in [1.807, 2.05) is 24.3 Å². The van der Waals surface area contributed by atoms with Crippen LogP contribution in [-0.4, -0.2) is 22.4 Å². The zero-order chi connectivity index (χ0) is 21.8. The average Bonchev–Trinajstić information content (AvgIpc) is 3.10. The number of amides is 1. The predicted molar refractivity (Wildman–Crippen MR) is 129 cm³/mol. The van der Waals surface area contributed by atoms with Gasteiger partial charge in [-0.3, -0.25) is 4.79 Å². The van der Waals surface area contributed by atoms with Crippen LogP contribution >= 0.6 is 22.9 Å². The molecule has 2 heterocycles. The van der Waals surface area contributed by atoms with E-state index in [-0.39, 0.29) is 5.91 Å². The van der Waals surface area contributed by atoms with Crippen LogP contribution in [0.4, 0.5) is 5.82 Å². The lowest BCUT2D eigenvalue weighted by Crippen LogP contribution is -2.25. The first-order chi connectivity index (χ1) is 15.0. The molecule has 0 unspecified atom stereocenters. The Hall–Kier alpha value is -2.96. The second kappa shape index (κ2) is 9.45. The Kier molecular flexibility index (Phi) is 6.49. The molecular formula is C24H23ClN4OS. The number of carbonyl (C=O) groups excluding carboxylic acids is 1. The number of hydrogen-bond donors (Lipinski definition) is 2. The number of halogens is 1. The van der Waals surface area contributed by atoms with E-state index in [9.17, 15) is 4.79 Å². The van der Waals surface area contributed by atoms with E-state index >= 15 is 0 Å². The monoisotopic (exact) mass is 450 g/mol. The molecule has 158 valence electrons. The van der Waals surface area contributed by atoms with Crippen molar-refractivity contribution in [2.75, 3.05) is 11.9 Å². The predicted octanol–water partition coefficient (Wildman–Crippen LogP) is 5.75. The van der Waals surface area contributed by atoms with E-state index < -0.39 is 0 Å². The van der Waals surface area contributed by atoms with Gasteiger partial charge in [-0.15, -0.1) is 11.3 Å². The second-order valence-electron chi connectivity index (χ2n) is 7.38. The summed E-state index contributed by atoms with van der Waals surface area (Å²) in [6.07, 6.45) is 1.92. The zero-order valence-electron chi connectivity index (χ0n) is 17.4. The van der Waals surface area contributed by atoms with Crippen molar-refractivity contribution in [1.82, 2.24) is 15.3 Å². The molecule has 0 fully saturated rings. The van der Waals surface area contributed by atoms with Gasteiger partial charge in [-0.25, -0.2) is 9.97 Å². The smallest absolute Gasteiger partial charge is 0.222 e. The van der Waals surface area contributed by atoms with Gasteiger partial charge in [0.15, 0.2) is 0 Å². The molecule has 2 aromatic heterocycles. The number of fused-ring (bicyclic) bond motifs is 1. The number of nitrogens with one attached hydrogen (secondary N) is 2. The highest BCUT2D eigenvalue weighted by Gasteiger charge is 2.16. The van der Waals surface area contributed by atoms with Crippen LogP contribution in [0.1, 0.15) is 22.4 Å². The molecule has 0 atom stereocenters. The standard InChI is InChI=1S/C24H23ClN4OS/c1-15-3-7-18(8-4-15)21-16(2)31-24-22(21)23(28-14-29-24)26-12-11-20(30)27-13-17-5-9-19(25)10-6-17/h3-10,14H,11-13H2,1-2H3,(H,27,30)(H,26,28,29). The highest BCUT2D eigenvalue weighted by molar-refractivity contribution is 7.19. The SMILES string of the molecule is Cc1ccc(-c2c(C)sc3ncnc(NCCC(=O)NCc4ccc(Cl)cc4)c23)cc1. The number of aryl methyl sites for hydroxylation is 2. The summed E-state index contributed by atoms with van der Waals surface area (Å²) in [6, 6.07) is 15.9. The molecule has 31 heavy (non-hydrogen) atoms. The summed E-state index contributed by atoms with van der Waals surface area (Å²) < 4.78 is 0. The number of aromatic nitrogens is 2. The van der Waals surface area contributed by atoms with Crippen LogP contribution in [0.25, 0.3) is 21.3 Å². The van der Waals surface area contributed by atoms with Gasteiger partial charge in [-0.1, -0.05) is 53.6 Å². The summed E-state index contributed by atoms with van der Waals surface area (Å²) in [4.78, 5) is 23.3. The third kappa shape index (κ3) is 5.03. The second-order valence-corrected chi connectivity index (χ2v) is 9.02. The summed E-state index contributed by atoms with van der Waals surface area (Å²) in [5.41, 5.74) is 4.53. The average molecular weight is 451 g/mol. The Morgan fingerprint density at radius 3 is 2.52 bits per heavy atom. The van der Waals surface area contributed by atoms with E-state index in [4.69, 9.17) is 11.6 Å². The minimum absolute atomic E-state index is 0.0204. The number of nitrogens with zero attached hydrogens (tertiary/aromatic N) is 2. The molecule has 1 amide bonds. The van der Waals surface area contributed by atoms with Crippen molar-refractivity contribution < 1.29 is 4.79 Å². The fraction of sp³-hybridized carbons (Fsp3) is 0.208. The van der Waals surface area contributed by atoms with Gasteiger partial charge < -0.3 is 10.6 Å². The van der Waals surface area contributed by atoms with Gasteiger partial charge in [0.05, 0.1) is 5.39 Å². The Morgan fingerprint density at radius 2 is 1.77 bits per heavy atom. The number of anilines is 1. The molecule has 4 rings (SSSR count). The molecule has 0 aliphatic heterocycles. The van der Waals surface area contributed by atoms with Crippen LogP contribution in [-0.2, 0) is 11.3 Å². The molecular weight excluding hydrogens is 428 g/mol. The van der Waals surface area contributed by atoms with E-state index in [1.165, 1.54) is 10.4 Å². The van der Waals surface area contributed by atoms with Crippen LogP contribution < -0.4 is 10.6 Å². The van der Waals surface area contributed by atoms with E-state index in [1.54, 1.807) is 17.7 Å². The molecule has 0 radical (unpaired) electrons. The summed E-state index contributed by atoms with van der Waals surface area (Å²) >= 11 is 7.55. The first kappa shape index (κ1) is 21.3. The van der Waals surface area contributed by atoms with Crippen molar-refractivity contribution in [2.45, 2.75) is 26.8 Å². The molecule has 0 spiro atoms. The lowest BCUT2D eigenvalue weighted by molar-refractivity contribution is -0.121. The van der Waals surface area contributed by atoms with Gasteiger partial charge in [0.1, 0.15) is 17.0 Å². The number of hydrogen-bond acceptors (Lipinski definition) is 5. The van der Waals surface area contributed by atoms with Gasteiger partial charge >= 0.3 is 0 Å². The van der Waals surface area contributed by atoms with E-state index in [0.29, 0.717) is 24.5 Å². The lowest BCUT2D eigenvalue weighted by Gasteiger charge is -2.10. The van der Waals surface area contributed by atoms with Crippen LogP contribution in [0, 0.1) is 13.8 Å². The van der Waals surface area contributed by atoms with Gasteiger partial charge in [0, 0.05) is 35.0 Å². The van der Waals surface area contributed by atoms with E-state index in [2.05, 4.69) is 58.7 Å². The Balaban J connectivity index is 1.44. The van der Waals surface area contributed by atoms with Gasteiger partial charge in [0.2, 0.25) is 5.91 Å². The molecule has 4 aromatic rings. The largest absolute Gasteiger partial charge is 0.369 e. The molecule has 0 saturated carbocycles. The maximum Gasteiger partial charge on any atom is 0.222 e. The van der Waals surface area contributed by atoms with Gasteiger partial charge in [0.25, 0.3) is 0 Å². The fourth-order valence-electron chi connectivity index (χ4n) is 3.43. The first-order valence-electron chi connectivity index (χ1n) is 10.1. The molecule has 2 N–H and O–H groups in total. The Labute approximate surface area is 190 Å². The van der Waals surface area contributed by atoms with Crippen molar-refractivity contribution in [3.63, 3.8) is 0 Å². The number of carbonyl (C=O) groups is 1. The number of rotatable bonds is 7. The molecule has 0 aliphatic carbocycles. The van der Waals surface area contributed by atoms with Crippen LogP contribution in [0.3, 0.4) is 0 Å². The van der Waals surface area contributed by atoms with Crippen LogP contribution in [0.2, 0.25) is 5.02 Å². The van der Waals surface area contributed by atoms with Crippen LogP contribution in [0.15, 0.2) is 54.9 Å².